The van der Waals surface area contributed by atoms with E-state index in [0.717, 1.165) is 5.56 Å². The average molecular weight is 233 g/mol. The van der Waals surface area contributed by atoms with Gasteiger partial charge in [0.05, 0.1) is 6.54 Å². The third-order valence-electron chi connectivity index (χ3n) is 2.53. The summed E-state index contributed by atoms with van der Waals surface area (Å²) in [6, 6.07) is 7.30. The van der Waals surface area contributed by atoms with Crippen LogP contribution in [0.15, 0.2) is 24.3 Å². The van der Waals surface area contributed by atoms with Gasteiger partial charge in [-0.25, -0.2) is 0 Å². The molecule has 0 spiro atoms. The lowest BCUT2D eigenvalue weighted by Crippen LogP contribution is -2.35. The van der Waals surface area contributed by atoms with Gasteiger partial charge in [0.2, 0.25) is 0 Å². The summed E-state index contributed by atoms with van der Waals surface area (Å²) >= 11 is 0. The minimum atomic E-state index is -0.417. The highest BCUT2D eigenvalue weighted by atomic mass is 16.2. The number of carbonyl (C=O) groups excluding carboxylic acids is 2. The van der Waals surface area contributed by atoms with Gasteiger partial charge in [-0.05, 0) is 19.1 Å². The Morgan fingerprint density at radius 3 is 2.41 bits per heavy atom. The van der Waals surface area contributed by atoms with Gasteiger partial charge < -0.3 is 5.32 Å². The van der Waals surface area contributed by atoms with E-state index < -0.39 is 5.41 Å². The van der Waals surface area contributed by atoms with Crippen molar-refractivity contribution in [2.75, 3.05) is 6.54 Å². The number of nitrogens with one attached hydrogen (secondary N) is 1. The van der Waals surface area contributed by atoms with Crippen LogP contribution in [0.4, 0.5) is 0 Å². The summed E-state index contributed by atoms with van der Waals surface area (Å²) in [5.74, 6) is -0.176. The predicted molar refractivity (Wildman–Crippen MR) is 68.0 cm³/mol. The van der Waals surface area contributed by atoms with Crippen molar-refractivity contribution in [2.45, 2.75) is 27.7 Å². The summed E-state index contributed by atoms with van der Waals surface area (Å²) in [5, 5.41) is 2.64. The first-order chi connectivity index (χ1) is 7.80. The quantitative estimate of drug-likeness (QED) is 0.871. The van der Waals surface area contributed by atoms with E-state index in [1.54, 1.807) is 12.1 Å². The fourth-order valence-electron chi connectivity index (χ4n) is 1.31. The van der Waals surface area contributed by atoms with Crippen molar-refractivity contribution in [3.63, 3.8) is 0 Å². The summed E-state index contributed by atoms with van der Waals surface area (Å²) in [6.45, 7) is 7.53. The number of ketones is 1. The van der Waals surface area contributed by atoms with Gasteiger partial charge in [-0.15, -0.1) is 0 Å². The van der Waals surface area contributed by atoms with Crippen molar-refractivity contribution in [1.29, 1.82) is 0 Å². The molecule has 17 heavy (non-hydrogen) atoms. The van der Waals surface area contributed by atoms with Gasteiger partial charge in [0.25, 0.3) is 5.91 Å². The Hall–Kier alpha value is -1.64. The van der Waals surface area contributed by atoms with E-state index >= 15 is 0 Å². The Bertz CT molecular complexity index is 430. The van der Waals surface area contributed by atoms with Gasteiger partial charge in [0.1, 0.15) is 0 Å². The van der Waals surface area contributed by atoms with E-state index in [1.165, 1.54) is 0 Å². The van der Waals surface area contributed by atoms with Crippen molar-refractivity contribution < 1.29 is 9.59 Å². The summed E-state index contributed by atoms with van der Waals surface area (Å²) in [5.41, 5.74) is 1.20. The normalized spacial score (nSPS) is 11.1. The van der Waals surface area contributed by atoms with E-state index in [-0.39, 0.29) is 18.2 Å². The fourth-order valence-corrected chi connectivity index (χ4v) is 1.31. The second kappa shape index (κ2) is 5.13. The molecule has 1 aromatic carbocycles. The lowest BCUT2D eigenvalue weighted by molar-refractivity contribution is -0.125. The van der Waals surface area contributed by atoms with Crippen LogP contribution >= 0.6 is 0 Å². The van der Waals surface area contributed by atoms with E-state index in [2.05, 4.69) is 5.32 Å². The molecule has 0 aromatic heterocycles. The van der Waals surface area contributed by atoms with Gasteiger partial charge >= 0.3 is 0 Å². The first-order valence-corrected chi connectivity index (χ1v) is 5.69. The summed E-state index contributed by atoms with van der Waals surface area (Å²) in [6.07, 6.45) is 0. The van der Waals surface area contributed by atoms with Crippen molar-refractivity contribution >= 4 is 11.7 Å². The molecular formula is C14H19NO2. The molecule has 0 aliphatic carbocycles. The van der Waals surface area contributed by atoms with Gasteiger partial charge in [0, 0.05) is 11.0 Å². The molecule has 3 nitrogen and oxygen atoms in total. The number of carbonyl (C=O) groups is 2. The fraction of sp³-hybridized carbons (Fsp3) is 0.429. The first-order valence-electron chi connectivity index (χ1n) is 5.69. The van der Waals surface area contributed by atoms with E-state index in [9.17, 15) is 9.59 Å². The van der Waals surface area contributed by atoms with Crippen LogP contribution in [0.2, 0.25) is 0 Å². The highest BCUT2D eigenvalue weighted by Gasteiger charge is 2.21. The Labute approximate surface area is 102 Å². The number of aryl methyl sites for hydroxylation is 1. The van der Waals surface area contributed by atoms with Crippen LogP contribution in [0.25, 0.3) is 0 Å². The predicted octanol–water partition coefficient (Wildman–Crippen LogP) is 2.34. The van der Waals surface area contributed by atoms with Crippen LogP contribution in [0, 0.1) is 12.3 Å². The maximum Gasteiger partial charge on any atom is 0.251 e. The lowest BCUT2D eigenvalue weighted by Gasteiger charge is -2.16. The second-order valence-corrected chi connectivity index (χ2v) is 5.23. The van der Waals surface area contributed by atoms with Gasteiger partial charge in [-0.3, -0.25) is 9.59 Å². The number of benzene rings is 1. The molecule has 0 unspecified atom stereocenters. The van der Waals surface area contributed by atoms with Gasteiger partial charge in [-0.2, -0.15) is 0 Å². The molecule has 1 amide bonds. The number of amides is 1. The van der Waals surface area contributed by atoms with E-state index in [4.69, 9.17) is 0 Å². The monoisotopic (exact) mass is 233 g/mol. The SMILES string of the molecule is Cc1cccc(C(=O)NCC(=O)C(C)(C)C)c1. The molecule has 0 bridgehead atoms. The number of Topliss-reactive ketones (excluding diaryl/α,β-unsaturated/α-hetero) is 1. The number of hydrogen-bond donors (Lipinski definition) is 1. The molecule has 0 saturated carbocycles. The summed E-state index contributed by atoms with van der Waals surface area (Å²) < 4.78 is 0. The maximum atomic E-state index is 11.8. The smallest absolute Gasteiger partial charge is 0.251 e. The van der Waals surface area contributed by atoms with Gasteiger partial charge in [-0.1, -0.05) is 38.5 Å². The highest BCUT2D eigenvalue weighted by Crippen LogP contribution is 2.13. The number of rotatable bonds is 3. The molecule has 0 aliphatic rings. The molecule has 92 valence electrons. The van der Waals surface area contributed by atoms with Crippen LogP contribution < -0.4 is 5.32 Å². The van der Waals surface area contributed by atoms with Gasteiger partial charge in [0.15, 0.2) is 5.78 Å². The average Bonchev–Trinajstić information content (AvgIpc) is 2.24. The van der Waals surface area contributed by atoms with Crippen LogP contribution in [0.1, 0.15) is 36.7 Å². The number of hydrogen-bond acceptors (Lipinski definition) is 2. The molecular weight excluding hydrogens is 214 g/mol. The Balaban J connectivity index is 2.60. The molecule has 0 heterocycles. The molecule has 0 fully saturated rings. The molecule has 0 saturated heterocycles. The first kappa shape index (κ1) is 13.4. The standard InChI is InChI=1S/C14H19NO2/c1-10-6-5-7-11(8-10)13(17)15-9-12(16)14(2,3)4/h5-8H,9H2,1-4H3,(H,15,17). The van der Waals surface area contributed by atoms with Crippen molar-refractivity contribution in [2.24, 2.45) is 5.41 Å². The molecule has 0 radical (unpaired) electrons. The van der Waals surface area contributed by atoms with E-state index in [1.807, 2.05) is 39.8 Å². The van der Waals surface area contributed by atoms with Crippen molar-refractivity contribution in [3.8, 4) is 0 Å². The molecule has 1 N–H and O–H groups in total. The van der Waals surface area contributed by atoms with Crippen LogP contribution in [0.5, 0.6) is 0 Å². The Morgan fingerprint density at radius 2 is 1.88 bits per heavy atom. The van der Waals surface area contributed by atoms with Crippen molar-refractivity contribution in [1.82, 2.24) is 5.32 Å². The Morgan fingerprint density at radius 1 is 1.24 bits per heavy atom. The minimum absolute atomic E-state index is 0.0264. The highest BCUT2D eigenvalue weighted by molar-refractivity contribution is 5.97. The molecule has 3 heteroatoms. The van der Waals surface area contributed by atoms with Crippen molar-refractivity contribution in [3.05, 3.63) is 35.4 Å². The summed E-state index contributed by atoms with van der Waals surface area (Å²) in [7, 11) is 0. The maximum absolute atomic E-state index is 11.8. The lowest BCUT2D eigenvalue weighted by atomic mass is 9.91. The van der Waals surface area contributed by atoms with Crippen LogP contribution in [0.3, 0.4) is 0 Å². The molecule has 0 atom stereocenters. The van der Waals surface area contributed by atoms with Crippen LogP contribution in [-0.2, 0) is 4.79 Å². The molecule has 1 rings (SSSR count). The Kier molecular flexibility index (Phi) is 4.05. The zero-order chi connectivity index (χ0) is 13.1. The molecule has 0 aliphatic heterocycles. The third-order valence-corrected chi connectivity index (χ3v) is 2.53. The topological polar surface area (TPSA) is 46.2 Å². The summed E-state index contributed by atoms with van der Waals surface area (Å²) in [4.78, 5) is 23.4. The van der Waals surface area contributed by atoms with E-state index in [0.29, 0.717) is 5.56 Å². The molecule has 1 aromatic rings. The largest absolute Gasteiger partial charge is 0.345 e. The second-order valence-electron chi connectivity index (χ2n) is 5.23. The minimum Gasteiger partial charge on any atom is -0.345 e. The zero-order valence-corrected chi connectivity index (χ0v) is 10.8. The zero-order valence-electron chi connectivity index (χ0n) is 10.8. The van der Waals surface area contributed by atoms with Crippen LogP contribution in [-0.4, -0.2) is 18.2 Å². The third kappa shape index (κ3) is 4.02.